The van der Waals surface area contributed by atoms with Crippen molar-refractivity contribution in [2.75, 3.05) is 27.2 Å². The minimum absolute atomic E-state index is 0.143. The highest BCUT2D eigenvalue weighted by atomic mass is 32.1. The van der Waals surface area contributed by atoms with E-state index < -0.39 is 11.6 Å². The summed E-state index contributed by atoms with van der Waals surface area (Å²) in [4.78, 5) is 14.7. The fraction of sp³-hybridized carbons (Fsp3) is 0.464. The Labute approximate surface area is 215 Å². The number of hydrogen-bond acceptors (Lipinski definition) is 6. The summed E-state index contributed by atoms with van der Waals surface area (Å²) < 4.78 is 13.0. The molecule has 5 nitrogen and oxygen atoms in total. The number of hydrogen-bond donors (Lipinski definition) is 1. The molecule has 4 atom stereocenters. The van der Waals surface area contributed by atoms with Crippen molar-refractivity contribution in [1.82, 2.24) is 0 Å². The molecule has 186 valence electrons. The zero-order chi connectivity index (χ0) is 24.5. The molecule has 0 saturated heterocycles. The van der Waals surface area contributed by atoms with Crippen molar-refractivity contribution in [2.45, 2.75) is 43.4 Å². The molecule has 3 aromatic rings. The van der Waals surface area contributed by atoms with E-state index in [1.54, 1.807) is 0 Å². The Morgan fingerprint density at radius 3 is 2.34 bits per heavy atom. The molecule has 0 radical (unpaired) electrons. The van der Waals surface area contributed by atoms with Gasteiger partial charge in [-0.15, -0.1) is 22.7 Å². The molecule has 0 amide bonds. The molecule has 2 bridgehead atoms. The average Bonchev–Trinajstić information content (AvgIpc) is 3.66. The third-order valence-electron chi connectivity index (χ3n) is 7.81. The third kappa shape index (κ3) is 4.79. The molecule has 2 saturated carbocycles. The van der Waals surface area contributed by atoms with Crippen LogP contribution in [-0.2, 0) is 15.1 Å². The highest BCUT2D eigenvalue weighted by Gasteiger charge is 2.58. The lowest BCUT2D eigenvalue weighted by atomic mass is 9.96. The number of benzene rings is 1. The number of fused-ring (bicyclic) bond motifs is 2. The van der Waals surface area contributed by atoms with Gasteiger partial charge in [0, 0.05) is 18.3 Å². The van der Waals surface area contributed by atoms with Gasteiger partial charge in [-0.25, -0.2) is 4.79 Å². The Kier molecular flexibility index (Phi) is 7.04. The normalized spacial score (nSPS) is 24.0. The second-order valence-corrected chi connectivity index (χ2v) is 12.2. The number of esters is 1. The molecule has 0 aliphatic heterocycles. The smallest absolute Gasteiger partial charge is 0.349 e. The molecule has 1 N–H and O–H groups in total. The molecule has 0 spiro atoms. The first-order valence-corrected chi connectivity index (χ1v) is 14.2. The first-order valence-electron chi connectivity index (χ1n) is 12.4. The van der Waals surface area contributed by atoms with Crippen molar-refractivity contribution in [3.8, 4) is 5.75 Å². The van der Waals surface area contributed by atoms with E-state index in [4.69, 9.17) is 9.47 Å². The van der Waals surface area contributed by atoms with Gasteiger partial charge >= 0.3 is 5.97 Å². The predicted molar refractivity (Wildman–Crippen MR) is 140 cm³/mol. The molecule has 2 unspecified atom stereocenters. The lowest BCUT2D eigenvalue weighted by Crippen LogP contribution is -2.53. The van der Waals surface area contributed by atoms with E-state index in [0.717, 1.165) is 36.0 Å². The first kappa shape index (κ1) is 24.5. The van der Waals surface area contributed by atoms with E-state index in [2.05, 4.69) is 14.1 Å². The van der Waals surface area contributed by atoms with Crippen molar-refractivity contribution < 1.29 is 23.9 Å². The molecule has 35 heavy (non-hydrogen) atoms. The van der Waals surface area contributed by atoms with Crippen LogP contribution < -0.4 is 4.74 Å². The van der Waals surface area contributed by atoms with Gasteiger partial charge in [0.25, 0.3) is 0 Å². The summed E-state index contributed by atoms with van der Waals surface area (Å²) in [5.74, 6) is 1.24. The summed E-state index contributed by atoms with van der Waals surface area (Å²) in [5.41, 5.74) is -1.74. The summed E-state index contributed by atoms with van der Waals surface area (Å²) in [5, 5.41) is 15.4. The second-order valence-electron chi connectivity index (χ2n) is 10.4. The van der Waals surface area contributed by atoms with Gasteiger partial charge in [-0.1, -0.05) is 30.3 Å². The topological polar surface area (TPSA) is 55.8 Å². The van der Waals surface area contributed by atoms with Crippen molar-refractivity contribution in [1.29, 1.82) is 0 Å². The Morgan fingerprint density at radius 1 is 1.03 bits per heavy atom. The van der Waals surface area contributed by atoms with Gasteiger partial charge in [0.15, 0.2) is 0 Å². The van der Waals surface area contributed by atoms with E-state index >= 15 is 0 Å². The Bertz CT molecular complexity index is 1060. The highest BCUT2D eigenvalue weighted by Crippen LogP contribution is 2.51. The maximum atomic E-state index is 13.5. The maximum absolute atomic E-state index is 13.5. The van der Waals surface area contributed by atoms with E-state index in [1.807, 2.05) is 65.4 Å². The van der Waals surface area contributed by atoms with Crippen molar-refractivity contribution in [2.24, 2.45) is 11.8 Å². The molecule has 2 aromatic heterocycles. The summed E-state index contributed by atoms with van der Waals surface area (Å²) in [7, 11) is 4.60. The Hall–Kier alpha value is -2.19. The number of para-hydroxylation sites is 1. The minimum atomic E-state index is -1.74. The van der Waals surface area contributed by atoms with Crippen molar-refractivity contribution in [3.05, 3.63) is 75.1 Å². The molecule has 2 heterocycles. The van der Waals surface area contributed by atoms with Crippen LogP contribution in [0.1, 0.15) is 35.4 Å². The maximum Gasteiger partial charge on any atom is 0.349 e. The van der Waals surface area contributed by atoms with Gasteiger partial charge in [-0.05, 0) is 54.3 Å². The molecule has 5 rings (SSSR count). The van der Waals surface area contributed by atoms with Gasteiger partial charge in [-0.3, -0.25) is 0 Å². The monoisotopic (exact) mass is 512 g/mol. The number of thiophene rings is 2. The highest BCUT2D eigenvalue weighted by molar-refractivity contribution is 7.12. The van der Waals surface area contributed by atoms with Crippen LogP contribution >= 0.6 is 22.7 Å². The van der Waals surface area contributed by atoms with E-state index in [0.29, 0.717) is 34.2 Å². The van der Waals surface area contributed by atoms with Gasteiger partial charge in [0.1, 0.15) is 11.9 Å². The van der Waals surface area contributed by atoms with Crippen molar-refractivity contribution >= 4 is 28.6 Å². The molecule has 7 heteroatoms. The standard InChI is InChI=1S/C28H34NO4S2/c1-29(2,15-8-16-32-21-9-4-3-5-10-21)26-20-13-14-22(26)23(19-20)33-27(30)28(31,24-11-6-17-34-24)25-12-7-18-35-25/h3-7,9-12,17-18,20,22-23,26,31H,8,13-16,19H2,1-2H3/q+1/t20?,22-,23-,26?/m1/s1. The van der Waals surface area contributed by atoms with Crippen LogP contribution in [0.25, 0.3) is 0 Å². The first-order chi connectivity index (χ1) is 16.9. The summed E-state index contributed by atoms with van der Waals surface area (Å²) in [6.45, 7) is 1.71. The van der Waals surface area contributed by atoms with Crippen LogP contribution in [0, 0.1) is 11.8 Å². The largest absolute Gasteiger partial charge is 0.493 e. The van der Waals surface area contributed by atoms with Crippen LogP contribution in [0.4, 0.5) is 0 Å². The predicted octanol–water partition coefficient (Wildman–Crippen LogP) is 5.30. The number of nitrogens with zero attached hydrogens (tertiary/aromatic N) is 1. The second kappa shape index (κ2) is 10.1. The van der Waals surface area contributed by atoms with E-state index in [9.17, 15) is 9.90 Å². The molecule has 1 aromatic carbocycles. The molecule has 2 aliphatic carbocycles. The summed E-state index contributed by atoms with van der Waals surface area (Å²) >= 11 is 2.77. The fourth-order valence-electron chi connectivity index (χ4n) is 6.30. The van der Waals surface area contributed by atoms with Gasteiger partial charge in [0.05, 0.1) is 43.0 Å². The number of quaternary nitrogens is 1. The summed E-state index contributed by atoms with van der Waals surface area (Å²) in [6, 6.07) is 17.8. The molecule has 2 fully saturated rings. The number of carbonyl (C=O) groups is 1. The van der Waals surface area contributed by atoms with Crippen LogP contribution in [-0.4, -0.2) is 55.0 Å². The van der Waals surface area contributed by atoms with Gasteiger partial charge in [0.2, 0.25) is 5.60 Å². The number of rotatable bonds is 10. The zero-order valence-electron chi connectivity index (χ0n) is 20.3. The van der Waals surface area contributed by atoms with Crippen LogP contribution in [0.15, 0.2) is 65.4 Å². The minimum Gasteiger partial charge on any atom is -0.493 e. The summed E-state index contributed by atoms with van der Waals surface area (Å²) in [6.07, 6.45) is 3.97. The van der Waals surface area contributed by atoms with Gasteiger partial charge < -0.3 is 19.1 Å². The number of aliphatic hydroxyl groups is 1. The lowest BCUT2D eigenvalue weighted by molar-refractivity contribution is -0.919. The zero-order valence-corrected chi connectivity index (χ0v) is 22.0. The fourth-order valence-corrected chi connectivity index (χ4v) is 8.01. The molecular weight excluding hydrogens is 478 g/mol. The molecule has 2 aliphatic rings. The third-order valence-corrected chi connectivity index (χ3v) is 9.77. The Morgan fingerprint density at radius 2 is 1.71 bits per heavy atom. The van der Waals surface area contributed by atoms with E-state index in [-0.39, 0.29) is 6.10 Å². The van der Waals surface area contributed by atoms with Gasteiger partial charge in [-0.2, -0.15) is 0 Å². The SMILES string of the molecule is C[N+](C)(CCCOc1ccccc1)C1C2CC[C@@H]1[C@H](OC(=O)C(O)(c1cccs1)c1cccs1)C2. The average molecular weight is 513 g/mol. The number of ether oxygens (including phenoxy) is 2. The van der Waals surface area contributed by atoms with Crippen LogP contribution in [0.3, 0.4) is 0 Å². The van der Waals surface area contributed by atoms with Crippen LogP contribution in [0.2, 0.25) is 0 Å². The lowest BCUT2D eigenvalue weighted by Gasteiger charge is -2.39. The number of carbonyl (C=O) groups excluding carboxylic acids is 1. The molecular formula is C28H34NO4S2+. The Balaban J connectivity index is 1.23. The van der Waals surface area contributed by atoms with Crippen LogP contribution in [0.5, 0.6) is 5.75 Å². The van der Waals surface area contributed by atoms with E-state index in [1.165, 1.54) is 29.1 Å². The quantitative estimate of drug-likeness (QED) is 0.228. The van der Waals surface area contributed by atoms with Crippen molar-refractivity contribution in [3.63, 3.8) is 0 Å².